The first-order valence-corrected chi connectivity index (χ1v) is 3.63. The van der Waals surface area contributed by atoms with Crippen molar-refractivity contribution < 1.29 is 0 Å². The van der Waals surface area contributed by atoms with Gasteiger partial charge < -0.3 is 0 Å². The number of rotatable bonds is 5. The highest BCUT2D eigenvalue weighted by Crippen LogP contribution is 2.01. The number of aliphatic imine (C=N–C) groups is 1. The predicted octanol–water partition coefficient (Wildman–Crippen LogP) is 2.95. The molecular weight excluding hydrogens is 122 g/mol. The zero-order valence-corrected chi connectivity index (χ0v) is 6.64. The number of nitrogens with zero attached hydrogens (tertiary/aromatic N) is 1. The fourth-order valence-corrected chi connectivity index (χ4v) is 0.627. The number of allylic oxidation sites excluding steroid dienone is 1. The van der Waals surface area contributed by atoms with Gasteiger partial charge in [-0.2, -0.15) is 0 Å². The van der Waals surface area contributed by atoms with Gasteiger partial charge in [0, 0.05) is 12.4 Å². The van der Waals surface area contributed by atoms with Crippen LogP contribution in [0.15, 0.2) is 29.9 Å². The minimum atomic E-state index is 1.05. The summed E-state index contributed by atoms with van der Waals surface area (Å²) in [6.07, 6.45) is 6.75. The monoisotopic (exact) mass is 137 g/mol. The summed E-state index contributed by atoms with van der Waals surface area (Å²) in [5.74, 6) is 0. The first-order chi connectivity index (χ1) is 4.81. The van der Waals surface area contributed by atoms with Crippen molar-refractivity contribution in [3.63, 3.8) is 0 Å². The lowest BCUT2D eigenvalue weighted by Crippen LogP contribution is -1.81. The summed E-state index contributed by atoms with van der Waals surface area (Å²) in [6, 6.07) is 0. The van der Waals surface area contributed by atoms with Gasteiger partial charge >= 0.3 is 0 Å². The molecule has 0 aliphatic heterocycles. The van der Waals surface area contributed by atoms with Crippen molar-refractivity contribution in [3.8, 4) is 0 Å². The van der Waals surface area contributed by atoms with Gasteiger partial charge in [0.05, 0.1) is 0 Å². The second kappa shape index (κ2) is 6.27. The molecule has 0 unspecified atom stereocenters. The van der Waals surface area contributed by atoms with Crippen molar-refractivity contribution in [1.29, 1.82) is 0 Å². The molecular formula is C9H15N. The Labute approximate surface area is 63.2 Å². The van der Waals surface area contributed by atoms with Crippen molar-refractivity contribution >= 4 is 6.21 Å². The minimum absolute atomic E-state index is 1.05. The standard InChI is InChI=1S/C9H15N/c1-4-6-7-9(3)8-10-5-2/h5,8H,2-4,6-7H2,1H3. The van der Waals surface area contributed by atoms with E-state index in [2.05, 4.69) is 25.1 Å². The summed E-state index contributed by atoms with van der Waals surface area (Å²) in [5, 5.41) is 0. The summed E-state index contributed by atoms with van der Waals surface area (Å²) in [4.78, 5) is 3.86. The molecule has 0 aromatic heterocycles. The van der Waals surface area contributed by atoms with Crippen molar-refractivity contribution in [2.45, 2.75) is 26.2 Å². The van der Waals surface area contributed by atoms with E-state index in [9.17, 15) is 0 Å². The lowest BCUT2D eigenvalue weighted by atomic mass is 10.1. The van der Waals surface area contributed by atoms with Gasteiger partial charge in [0.2, 0.25) is 0 Å². The summed E-state index contributed by atoms with van der Waals surface area (Å²) >= 11 is 0. The van der Waals surface area contributed by atoms with Crippen LogP contribution >= 0.6 is 0 Å². The number of hydrogen-bond acceptors (Lipinski definition) is 1. The molecule has 56 valence electrons. The highest BCUT2D eigenvalue weighted by molar-refractivity contribution is 5.77. The molecule has 0 saturated carbocycles. The highest BCUT2D eigenvalue weighted by atomic mass is 14.7. The van der Waals surface area contributed by atoms with Crippen LogP contribution < -0.4 is 0 Å². The van der Waals surface area contributed by atoms with Crippen LogP contribution in [0.25, 0.3) is 0 Å². The smallest absolute Gasteiger partial charge is 0.0293 e. The molecule has 0 saturated heterocycles. The number of hydrogen-bond donors (Lipinski definition) is 0. The lowest BCUT2D eigenvalue weighted by Gasteiger charge is -1.94. The zero-order chi connectivity index (χ0) is 7.82. The van der Waals surface area contributed by atoms with Gasteiger partial charge in [-0.1, -0.05) is 26.5 Å². The molecule has 0 heterocycles. The van der Waals surface area contributed by atoms with Gasteiger partial charge in [0.25, 0.3) is 0 Å². The van der Waals surface area contributed by atoms with Crippen LogP contribution in [0.4, 0.5) is 0 Å². The van der Waals surface area contributed by atoms with Crippen molar-refractivity contribution in [3.05, 3.63) is 24.9 Å². The summed E-state index contributed by atoms with van der Waals surface area (Å²) in [5.41, 5.74) is 1.08. The summed E-state index contributed by atoms with van der Waals surface area (Å²) in [7, 11) is 0. The SMILES string of the molecule is C=CN=CC(=C)CCCC. The Balaban J connectivity index is 3.43. The van der Waals surface area contributed by atoms with Crippen LogP contribution in [-0.2, 0) is 0 Å². The van der Waals surface area contributed by atoms with E-state index in [0.29, 0.717) is 0 Å². The van der Waals surface area contributed by atoms with Crippen molar-refractivity contribution in [2.24, 2.45) is 4.99 Å². The summed E-state index contributed by atoms with van der Waals surface area (Å²) < 4.78 is 0. The molecule has 0 amide bonds. The molecule has 10 heavy (non-hydrogen) atoms. The van der Waals surface area contributed by atoms with Crippen molar-refractivity contribution in [1.82, 2.24) is 0 Å². The second-order valence-electron chi connectivity index (χ2n) is 2.22. The molecule has 1 nitrogen and oxygen atoms in total. The van der Waals surface area contributed by atoms with Crippen molar-refractivity contribution in [2.75, 3.05) is 0 Å². The average molecular weight is 137 g/mol. The Morgan fingerprint density at radius 2 is 2.30 bits per heavy atom. The molecule has 0 spiro atoms. The predicted molar refractivity (Wildman–Crippen MR) is 47.4 cm³/mol. The molecule has 1 heteroatoms. The van der Waals surface area contributed by atoms with Crippen LogP contribution in [0.1, 0.15) is 26.2 Å². The molecule has 0 radical (unpaired) electrons. The zero-order valence-electron chi connectivity index (χ0n) is 6.64. The fraction of sp³-hybridized carbons (Fsp3) is 0.444. The Morgan fingerprint density at radius 3 is 2.80 bits per heavy atom. The van der Waals surface area contributed by atoms with Crippen LogP contribution in [0.2, 0.25) is 0 Å². The third-order valence-corrected chi connectivity index (χ3v) is 1.21. The van der Waals surface area contributed by atoms with Gasteiger partial charge in [-0.3, -0.25) is 4.99 Å². The molecule has 0 aliphatic carbocycles. The van der Waals surface area contributed by atoms with E-state index >= 15 is 0 Å². The fourth-order valence-electron chi connectivity index (χ4n) is 0.627. The van der Waals surface area contributed by atoms with Gasteiger partial charge in [0.15, 0.2) is 0 Å². The van der Waals surface area contributed by atoms with E-state index in [1.165, 1.54) is 19.0 Å². The second-order valence-corrected chi connectivity index (χ2v) is 2.22. The Morgan fingerprint density at radius 1 is 1.60 bits per heavy atom. The quantitative estimate of drug-likeness (QED) is 0.516. The molecule has 0 aromatic carbocycles. The third kappa shape index (κ3) is 5.29. The van der Waals surface area contributed by atoms with Gasteiger partial charge in [-0.05, 0) is 18.4 Å². The van der Waals surface area contributed by atoms with E-state index in [0.717, 1.165) is 12.0 Å². The maximum absolute atomic E-state index is 3.86. The topological polar surface area (TPSA) is 12.4 Å². The third-order valence-electron chi connectivity index (χ3n) is 1.21. The molecule has 0 atom stereocenters. The van der Waals surface area contributed by atoms with Crippen LogP contribution in [-0.4, -0.2) is 6.21 Å². The normalized spacial score (nSPS) is 10.1. The maximum Gasteiger partial charge on any atom is 0.0293 e. The van der Waals surface area contributed by atoms with E-state index in [1.54, 1.807) is 6.21 Å². The Kier molecular flexibility index (Phi) is 5.74. The summed E-state index contributed by atoms with van der Waals surface area (Å²) in [6.45, 7) is 9.47. The Hall–Kier alpha value is -0.850. The first-order valence-electron chi connectivity index (χ1n) is 3.63. The molecule has 0 bridgehead atoms. The molecule has 0 fully saturated rings. The largest absolute Gasteiger partial charge is 0.265 e. The van der Waals surface area contributed by atoms with E-state index in [4.69, 9.17) is 0 Å². The van der Waals surface area contributed by atoms with Crippen LogP contribution in [0, 0.1) is 0 Å². The van der Waals surface area contributed by atoms with Gasteiger partial charge in [-0.15, -0.1) is 0 Å². The van der Waals surface area contributed by atoms with Gasteiger partial charge in [0.1, 0.15) is 0 Å². The van der Waals surface area contributed by atoms with Crippen LogP contribution in [0.5, 0.6) is 0 Å². The molecule has 0 aromatic rings. The van der Waals surface area contributed by atoms with Crippen LogP contribution in [0.3, 0.4) is 0 Å². The minimum Gasteiger partial charge on any atom is -0.265 e. The highest BCUT2D eigenvalue weighted by Gasteiger charge is 1.86. The van der Waals surface area contributed by atoms with Gasteiger partial charge in [-0.25, -0.2) is 0 Å². The molecule has 0 rings (SSSR count). The first kappa shape index (κ1) is 9.15. The number of unbranched alkanes of at least 4 members (excludes halogenated alkanes) is 1. The van der Waals surface area contributed by atoms with E-state index in [-0.39, 0.29) is 0 Å². The Bertz CT molecular complexity index is 134. The lowest BCUT2D eigenvalue weighted by molar-refractivity contribution is 0.806. The molecule has 0 N–H and O–H groups in total. The maximum atomic E-state index is 3.86. The van der Waals surface area contributed by atoms with E-state index in [1.807, 2.05) is 0 Å². The average Bonchev–Trinajstić information content (AvgIpc) is 1.97. The van der Waals surface area contributed by atoms with E-state index < -0.39 is 0 Å². The molecule has 0 aliphatic rings.